The average Bonchev–Trinajstić information content (AvgIpc) is 2.84. The van der Waals surface area contributed by atoms with Crippen molar-refractivity contribution in [3.05, 3.63) is 108 Å². The standard InChI is InChI=1S/C26H22FN3O2/c27-23-7-9-24(10-8-23)32-25-5-1-3-19(14-25)6-11-26(31)30-16-20-13-22(18-29-15-20)21-4-2-12-28-17-21/h1-5,7-10,12-15,17-18H,6,11,16H2,(H,30,31). The third kappa shape index (κ3) is 5.98. The zero-order valence-electron chi connectivity index (χ0n) is 17.4. The van der Waals surface area contributed by atoms with E-state index in [1.807, 2.05) is 42.5 Å². The summed E-state index contributed by atoms with van der Waals surface area (Å²) in [6.45, 7) is 0.410. The summed E-state index contributed by atoms with van der Waals surface area (Å²) in [5.41, 5.74) is 3.85. The Bertz CT molecular complexity index is 1180. The maximum absolute atomic E-state index is 13.0. The summed E-state index contributed by atoms with van der Waals surface area (Å²) in [5.74, 6) is 0.856. The predicted molar refractivity (Wildman–Crippen MR) is 121 cm³/mol. The molecule has 6 heteroatoms. The van der Waals surface area contributed by atoms with Gasteiger partial charge in [-0.1, -0.05) is 18.2 Å². The van der Waals surface area contributed by atoms with E-state index in [0.29, 0.717) is 30.9 Å². The van der Waals surface area contributed by atoms with Crippen molar-refractivity contribution >= 4 is 5.91 Å². The first-order valence-corrected chi connectivity index (χ1v) is 10.3. The molecule has 0 fully saturated rings. The van der Waals surface area contributed by atoms with E-state index in [4.69, 9.17) is 4.74 Å². The molecule has 5 nitrogen and oxygen atoms in total. The summed E-state index contributed by atoms with van der Waals surface area (Å²) in [5, 5.41) is 2.95. The van der Waals surface area contributed by atoms with E-state index in [1.54, 1.807) is 36.9 Å². The summed E-state index contributed by atoms with van der Waals surface area (Å²) in [6, 6.07) is 19.3. The van der Waals surface area contributed by atoms with E-state index < -0.39 is 0 Å². The van der Waals surface area contributed by atoms with Gasteiger partial charge in [-0.15, -0.1) is 0 Å². The number of halogens is 1. The van der Waals surface area contributed by atoms with Gasteiger partial charge >= 0.3 is 0 Å². The molecule has 2 aromatic heterocycles. The number of carbonyl (C=O) groups excluding carboxylic acids is 1. The molecule has 4 aromatic rings. The van der Waals surface area contributed by atoms with Gasteiger partial charge < -0.3 is 10.1 Å². The Morgan fingerprint density at radius 2 is 1.69 bits per heavy atom. The highest BCUT2D eigenvalue weighted by Crippen LogP contribution is 2.23. The van der Waals surface area contributed by atoms with Crippen molar-refractivity contribution in [2.45, 2.75) is 19.4 Å². The SMILES string of the molecule is O=C(CCc1cccc(Oc2ccc(F)cc2)c1)NCc1cncc(-c2cccnc2)c1. The predicted octanol–water partition coefficient (Wildman–Crippen LogP) is 5.32. The van der Waals surface area contributed by atoms with Crippen LogP contribution >= 0.6 is 0 Å². The minimum Gasteiger partial charge on any atom is -0.457 e. The van der Waals surface area contributed by atoms with Gasteiger partial charge in [0, 0.05) is 48.9 Å². The summed E-state index contributed by atoms with van der Waals surface area (Å²) in [6.07, 6.45) is 7.98. The number of hydrogen-bond donors (Lipinski definition) is 1. The summed E-state index contributed by atoms with van der Waals surface area (Å²) in [7, 11) is 0. The second-order valence-corrected chi connectivity index (χ2v) is 7.30. The molecule has 0 aliphatic rings. The van der Waals surface area contributed by atoms with Crippen LogP contribution in [-0.2, 0) is 17.8 Å². The maximum Gasteiger partial charge on any atom is 0.220 e. The van der Waals surface area contributed by atoms with Crippen LogP contribution < -0.4 is 10.1 Å². The number of aromatic nitrogens is 2. The first-order chi connectivity index (χ1) is 15.7. The molecular formula is C26H22FN3O2. The van der Waals surface area contributed by atoms with Crippen molar-refractivity contribution in [2.24, 2.45) is 0 Å². The van der Waals surface area contributed by atoms with Gasteiger partial charge in [0.05, 0.1) is 0 Å². The highest BCUT2D eigenvalue weighted by Gasteiger charge is 2.06. The monoisotopic (exact) mass is 427 g/mol. The van der Waals surface area contributed by atoms with Crippen molar-refractivity contribution < 1.29 is 13.9 Å². The molecular weight excluding hydrogens is 405 g/mol. The molecule has 1 N–H and O–H groups in total. The highest BCUT2D eigenvalue weighted by atomic mass is 19.1. The van der Waals surface area contributed by atoms with E-state index in [1.165, 1.54) is 12.1 Å². The van der Waals surface area contributed by atoms with Crippen molar-refractivity contribution in [1.82, 2.24) is 15.3 Å². The van der Waals surface area contributed by atoms with Crippen LogP contribution in [0.3, 0.4) is 0 Å². The van der Waals surface area contributed by atoms with Gasteiger partial charge in [-0.3, -0.25) is 14.8 Å². The van der Waals surface area contributed by atoms with E-state index in [2.05, 4.69) is 15.3 Å². The zero-order valence-corrected chi connectivity index (χ0v) is 17.4. The molecule has 0 aliphatic heterocycles. The van der Waals surface area contributed by atoms with Crippen LogP contribution in [-0.4, -0.2) is 15.9 Å². The molecule has 2 heterocycles. The average molecular weight is 427 g/mol. The number of amides is 1. The van der Waals surface area contributed by atoms with Crippen molar-refractivity contribution in [3.63, 3.8) is 0 Å². The molecule has 0 unspecified atom stereocenters. The Balaban J connectivity index is 1.28. The fraction of sp³-hybridized carbons (Fsp3) is 0.115. The third-order valence-corrected chi connectivity index (χ3v) is 4.87. The first kappa shape index (κ1) is 21.2. The van der Waals surface area contributed by atoms with Gasteiger partial charge in [-0.05, 0) is 66.1 Å². The quantitative estimate of drug-likeness (QED) is 0.413. The van der Waals surface area contributed by atoms with Gasteiger partial charge in [0.25, 0.3) is 0 Å². The normalized spacial score (nSPS) is 10.5. The molecule has 160 valence electrons. The van der Waals surface area contributed by atoms with Crippen LogP contribution in [0, 0.1) is 5.82 Å². The fourth-order valence-corrected chi connectivity index (χ4v) is 3.23. The van der Waals surface area contributed by atoms with Crippen LogP contribution in [0.5, 0.6) is 11.5 Å². The number of ether oxygens (including phenoxy) is 1. The molecule has 0 saturated carbocycles. The van der Waals surface area contributed by atoms with Crippen molar-refractivity contribution in [2.75, 3.05) is 0 Å². The second kappa shape index (κ2) is 10.3. The molecule has 0 bridgehead atoms. The lowest BCUT2D eigenvalue weighted by Crippen LogP contribution is -2.23. The molecule has 0 saturated heterocycles. The second-order valence-electron chi connectivity index (χ2n) is 7.30. The summed E-state index contributed by atoms with van der Waals surface area (Å²) >= 11 is 0. The lowest BCUT2D eigenvalue weighted by atomic mass is 10.1. The molecule has 0 aliphatic carbocycles. The first-order valence-electron chi connectivity index (χ1n) is 10.3. The Labute approximate surface area is 185 Å². The minimum absolute atomic E-state index is 0.0402. The van der Waals surface area contributed by atoms with Crippen molar-refractivity contribution in [1.29, 1.82) is 0 Å². The molecule has 4 rings (SSSR count). The lowest BCUT2D eigenvalue weighted by molar-refractivity contribution is -0.121. The number of nitrogens with zero attached hydrogens (tertiary/aromatic N) is 2. The van der Waals surface area contributed by atoms with Crippen LogP contribution in [0.2, 0.25) is 0 Å². The maximum atomic E-state index is 13.0. The Hall–Kier alpha value is -4.06. The Kier molecular flexibility index (Phi) is 6.82. The van der Waals surface area contributed by atoms with Gasteiger partial charge in [0.15, 0.2) is 0 Å². The van der Waals surface area contributed by atoms with Crippen LogP contribution in [0.4, 0.5) is 4.39 Å². The van der Waals surface area contributed by atoms with Gasteiger partial charge in [-0.25, -0.2) is 4.39 Å². The van der Waals surface area contributed by atoms with E-state index in [-0.39, 0.29) is 11.7 Å². The molecule has 32 heavy (non-hydrogen) atoms. The van der Waals surface area contributed by atoms with E-state index >= 15 is 0 Å². The number of aryl methyl sites for hydroxylation is 1. The number of hydrogen-bond acceptors (Lipinski definition) is 4. The van der Waals surface area contributed by atoms with Gasteiger partial charge in [-0.2, -0.15) is 0 Å². The molecule has 1 amide bonds. The number of nitrogens with one attached hydrogen (secondary N) is 1. The van der Waals surface area contributed by atoms with E-state index in [0.717, 1.165) is 22.3 Å². The Morgan fingerprint density at radius 3 is 2.50 bits per heavy atom. The zero-order chi connectivity index (χ0) is 22.2. The summed E-state index contributed by atoms with van der Waals surface area (Å²) < 4.78 is 18.8. The topological polar surface area (TPSA) is 64.1 Å². The largest absolute Gasteiger partial charge is 0.457 e. The lowest BCUT2D eigenvalue weighted by Gasteiger charge is -2.09. The van der Waals surface area contributed by atoms with E-state index in [9.17, 15) is 9.18 Å². The molecule has 2 aromatic carbocycles. The van der Waals surface area contributed by atoms with Gasteiger partial charge in [0.1, 0.15) is 17.3 Å². The molecule has 0 spiro atoms. The highest BCUT2D eigenvalue weighted by molar-refractivity contribution is 5.76. The number of benzene rings is 2. The van der Waals surface area contributed by atoms with Crippen LogP contribution in [0.15, 0.2) is 91.5 Å². The van der Waals surface area contributed by atoms with Crippen LogP contribution in [0.1, 0.15) is 17.5 Å². The van der Waals surface area contributed by atoms with Gasteiger partial charge in [0.2, 0.25) is 5.91 Å². The smallest absolute Gasteiger partial charge is 0.220 e. The van der Waals surface area contributed by atoms with Crippen molar-refractivity contribution in [3.8, 4) is 22.6 Å². The number of carbonyl (C=O) groups is 1. The molecule has 0 atom stereocenters. The van der Waals surface area contributed by atoms with Crippen LogP contribution in [0.25, 0.3) is 11.1 Å². The molecule has 0 radical (unpaired) electrons. The minimum atomic E-state index is -0.309. The number of rotatable bonds is 8. The third-order valence-electron chi connectivity index (χ3n) is 4.87. The summed E-state index contributed by atoms with van der Waals surface area (Å²) in [4.78, 5) is 20.7. The Morgan fingerprint density at radius 1 is 0.844 bits per heavy atom. The fourth-order valence-electron chi connectivity index (χ4n) is 3.23. The number of pyridine rings is 2.